The van der Waals surface area contributed by atoms with Crippen molar-refractivity contribution in [3.8, 4) is 11.5 Å². The number of hydrogen-bond donors (Lipinski definition) is 1. The maximum absolute atomic E-state index is 12.1. The number of ether oxygens (including phenoxy) is 3. The molecule has 1 aliphatic carbocycles. The predicted molar refractivity (Wildman–Crippen MR) is 106 cm³/mol. The van der Waals surface area contributed by atoms with Crippen molar-refractivity contribution in [3.63, 3.8) is 0 Å². The first kappa shape index (κ1) is 21.8. The molecular weight excluding hydrogens is 360 g/mol. The summed E-state index contributed by atoms with van der Waals surface area (Å²) in [6.45, 7) is 6.05. The van der Waals surface area contributed by atoms with Crippen LogP contribution >= 0.6 is 0 Å². The van der Waals surface area contributed by atoms with Gasteiger partial charge in [-0.2, -0.15) is 0 Å². The van der Waals surface area contributed by atoms with Crippen LogP contribution in [-0.2, 0) is 19.1 Å². The van der Waals surface area contributed by atoms with Crippen molar-refractivity contribution in [2.75, 3.05) is 13.7 Å². The third kappa shape index (κ3) is 6.29. The van der Waals surface area contributed by atoms with E-state index in [0.29, 0.717) is 29.1 Å². The fourth-order valence-electron chi connectivity index (χ4n) is 3.59. The number of carbonyl (C=O) groups excluding carboxylic acids is 2. The lowest BCUT2D eigenvalue weighted by Crippen LogP contribution is -2.36. The summed E-state index contributed by atoms with van der Waals surface area (Å²) in [5.74, 6) is 0.486. The van der Waals surface area contributed by atoms with Gasteiger partial charge in [-0.25, -0.2) is 9.59 Å². The van der Waals surface area contributed by atoms with Gasteiger partial charge in [0.1, 0.15) is 6.10 Å². The minimum atomic E-state index is -0.638. The highest BCUT2D eigenvalue weighted by Crippen LogP contribution is 2.35. The number of esters is 2. The topological polar surface area (TPSA) is 82.1 Å². The molecule has 3 atom stereocenters. The quantitative estimate of drug-likeness (QED) is 0.560. The summed E-state index contributed by atoms with van der Waals surface area (Å²) in [6, 6.07) is 4.69. The van der Waals surface area contributed by atoms with Crippen LogP contribution in [0.15, 0.2) is 24.3 Å². The molecule has 0 saturated heterocycles. The molecule has 0 aliphatic heterocycles. The van der Waals surface area contributed by atoms with Gasteiger partial charge in [-0.3, -0.25) is 0 Å². The van der Waals surface area contributed by atoms with Gasteiger partial charge in [0.15, 0.2) is 18.1 Å². The van der Waals surface area contributed by atoms with Gasteiger partial charge in [0.05, 0.1) is 7.11 Å². The first-order valence-corrected chi connectivity index (χ1v) is 9.71. The lowest BCUT2D eigenvalue weighted by Gasteiger charge is -2.36. The Kier molecular flexibility index (Phi) is 7.91. The molecule has 1 saturated carbocycles. The molecule has 6 heteroatoms. The van der Waals surface area contributed by atoms with Crippen LogP contribution in [0.3, 0.4) is 0 Å². The molecule has 1 N–H and O–H groups in total. The Bertz CT molecular complexity index is 709. The second kappa shape index (κ2) is 10.2. The van der Waals surface area contributed by atoms with Crippen molar-refractivity contribution in [1.29, 1.82) is 0 Å². The Morgan fingerprint density at radius 3 is 2.71 bits per heavy atom. The molecule has 6 nitrogen and oxygen atoms in total. The van der Waals surface area contributed by atoms with E-state index in [2.05, 4.69) is 20.8 Å². The Labute approximate surface area is 166 Å². The van der Waals surface area contributed by atoms with Crippen LogP contribution in [0.4, 0.5) is 0 Å². The van der Waals surface area contributed by atoms with Crippen LogP contribution in [0.2, 0.25) is 0 Å². The van der Waals surface area contributed by atoms with E-state index in [4.69, 9.17) is 14.2 Å². The van der Waals surface area contributed by atoms with Gasteiger partial charge in [0, 0.05) is 6.08 Å². The smallest absolute Gasteiger partial charge is 0.344 e. The number of rotatable bonds is 7. The van der Waals surface area contributed by atoms with Crippen LogP contribution in [0, 0.1) is 17.8 Å². The SMILES string of the molecule is COc1cc(/C=C/C(=O)OCC(=O)O[C@@H]2C[C@@H](C)CC[C@@H]2C(C)C)ccc1O. The Hall–Kier alpha value is -2.50. The van der Waals surface area contributed by atoms with Gasteiger partial charge < -0.3 is 19.3 Å². The van der Waals surface area contributed by atoms with Crippen molar-refractivity contribution in [3.05, 3.63) is 29.8 Å². The van der Waals surface area contributed by atoms with Crippen LogP contribution < -0.4 is 4.74 Å². The molecule has 0 amide bonds. The second-order valence-corrected chi connectivity index (χ2v) is 7.73. The predicted octanol–water partition coefficient (Wildman–Crippen LogP) is 3.96. The lowest BCUT2D eigenvalue weighted by molar-refractivity contribution is -0.165. The van der Waals surface area contributed by atoms with E-state index in [9.17, 15) is 14.7 Å². The number of hydrogen-bond acceptors (Lipinski definition) is 6. The monoisotopic (exact) mass is 390 g/mol. The van der Waals surface area contributed by atoms with Gasteiger partial charge in [-0.15, -0.1) is 0 Å². The van der Waals surface area contributed by atoms with E-state index >= 15 is 0 Å². The number of phenolic OH excluding ortho intramolecular Hbond substituents is 1. The zero-order valence-electron chi connectivity index (χ0n) is 17.0. The van der Waals surface area contributed by atoms with E-state index in [1.54, 1.807) is 12.1 Å². The molecule has 0 radical (unpaired) electrons. The molecule has 0 bridgehead atoms. The fourth-order valence-corrected chi connectivity index (χ4v) is 3.59. The first-order valence-electron chi connectivity index (χ1n) is 9.71. The number of carbonyl (C=O) groups is 2. The van der Waals surface area contributed by atoms with Crippen molar-refractivity contribution < 1.29 is 28.9 Å². The van der Waals surface area contributed by atoms with Gasteiger partial charge in [0.2, 0.25) is 0 Å². The second-order valence-electron chi connectivity index (χ2n) is 7.73. The van der Waals surface area contributed by atoms with E-state index in [-0.39, 0.29) is 11.9 Å². The molecule has 0 unspecified atom stereocenters. The Morgan fingerprint density at radius 2 is 2.04 bits per heavy atom. The van der Waals surface area contributed by atoms with Crippen LogP contribution in [0.1, 0.15) is 45.6 Å². The average Bonchev–Trinajstić information content (AvgIpc) is 2.65. The minimum Gasteiger partial charge on any atom is -0.504 e. The molecule has 1 fully saturated rings. The number of phenols is 1. The van der Waals surface area contributed by atoms with E-state index in [0.717, 1.165) is 19.3 Å². The molecule has 28 heavy (non-hydrogen) atoms. The molecule has 1 aliphatic rings. The molecular formula is C22H30O6. The van der Waals surface area contributed by atoms with Crippen molar-refractivity contribution in [1.82, 2.24) is 0 Å². The first-order chi connectivity index (χ1) is 13.3. The van der Waals surface area contributed by atoms with Gasteiger partial charge in [-0.05, 0) is 54.4 Å². The van der Waals surface area contributed by atoms with Gasteiger partial charge in [-0.1, -0.05) is 33.3 Å². The summed E-state index contributed by atoms with van der Waals surface area (Å²) in [4.78, 5) is 24.0. The zero-order chi connectivity index (χ0) is 20.7. The zero-order valence-corrected chi connectivity index (χ0v) is 17.0. The normalized spacial score (nSPS) is 22.2. The van der Waals surface area contributed by atoms with Crippen molar-refractivity contribution >= 4 is 18.0 Å². The standard InChI is InChI=1S/C22H30O6/c1-14(2)17-8-5-15(3)11-19(17)28-22(25)13-27-21(24)10-7-16-6-9-18(23)20(12-16)26-4/h6-7,9-10,12,14-15,17,19,23H,5,8,11,13H2,1-4H3/b10-7+/t15-,17+,19+/m0/s1. The largest absolute Gasteiger partial charge is 0.504 e. The van der Waals surface area contributed by atoms with Crippen molar-refractivity contribution in [2.45, 2.75) is 46.1 Å². The highest BCUT2D eigenvalue weighted by Gasteiger charge is 2.33. The maximum atomic E-state index is 12.1. The molecule has 0 heterocycles. The van der Waals surface area contributed by atoms with Crippen LogP contribution in [-0.4, -0.2) is 36.9 Å². The summed E-state index contributed by atoms with van der Waals surface area (Å²) >= 11 is 0. The van der Waals surface area contributed by atoms with Gasteiger partial charge >= 0.3 is 11.9 Å². The van der Waals surface area contributed by atoms with E-state index in [1.165, 1.54) is 25.3 Å². The summed E-state index contributed by atoms with van der Waals surface area (Å²) in [7, 11) is 1.44. The summed E-state index contributed by atoms with van der Waals surface area (Å²) in [6.07, 6.45) is 5.68. The molecule has 1 aromatic rings. The third-order valence-electron chi connectivity index (χ3n) is 5.19. The molecule has 2 rings (SSSR count). The molecule has 1 aromatic carbocycles. The van der Waals surface area contributed by atoms with E-state index < -0.39 is 18.5 Å². The Morgan fingerprint density at radius 1 is 1.29 bits per heavy atom. The maximum Gasteiger partial charge on any atom is 0.344 e. The summed E-state index contributed by atoms with van der Waals surface area (Å²) in [5, 5.41) is 9.57. The van der Waals surface area contributed by atoms with Crippen LogP contribution in [0.25, 0.3) is 6.08 Å². The van der Waals surface area contributed by atoms with Crippen molar-refractivity contribution in [2.24, 2.45) is 17.8 Å². The molecule has 0 aromatic heterocycles. The minimum absolute atomic E-state index is 0.0155. The Balaban J connectivity index is 1.84. The lowest BCUT2D eigenvalue weighted by atomic mass is 9.75. The van der Waals surface area contributed by atoms with Crippen LogP contribution in [0.5, 0.6) is 11.5 Å². The van der Waals surface area contributed by atoms with Gasteiger partial charge in [0.25, 0.3) is 0 Å². The molecule has 154 valence electrons. The number of benzene rings is 1. The molecule has 0 spiro atoms. The number of aromatic hydroxyl groups is 1. The average molecular weight is 390 g/mol. The fraction of sp³-hybridized carbons (Fsp3) is 0.545. The third-order valence-corrected chi connectivity index (χ3v) is 5.19. The van der Waals surface area contributed by atoms with E-state index in [1.807, 2.05) is 0 Å². The highest BCUT2D eigenvalue weighted by atomic mass is 16.6. The summed E-state index contributed by atoms with van der Waals surface area (Å²) in [5.41, 5.74) is 0.658. The summed E-state index contributed by atoms with van der Waals surface area (Å²) < 4.78 is 15.6. The number of methoxy groups -OCH3 is 1. The highest BCUT2D eigenvalue weighted by molar-refractivity contribution is 5.88.